The average Bonchev–Trinajstić information content (AvgIpc) is 2.98. The maximum atomic E-state index is 14.3. The first-order valence-corrected chi connectivity index (χ1v) is 8.61. The molecule has 1 unspecified atom stereocenters. The summed E-state index contributed by atoms with van der Waals surface area (Å²) in [6, 6.07) is 4.31. The Morgan fingerprint density at radius 2 is 2.00 bits per heavy atom. The number of imidazole rings is 1. The number of aromatic nitrogens is 4. The zero-order valence-electron chi connectivity index (χ0n) is 15.0. The van der Waals surface area contributed by atoms with Crippen LogP contribution in [0.3, 0.4) is 0 Å². The van der Waals surface area contributed by atoms with Gasteiger partial charge in [-0.3, -0.25) is 18.5 Å². The molecule has 0 bridgehead atoms. The average molecular weight is 396 g/mol. The van der Waals surface area contributed by atoms with Gasteiger partial charge < -0.3 is 10.4 Å². The van der Waals surface area contributed by atoms with Gasteiger partial charge in [-0.2, -0.15) is 4.98 Å². The molecule has 27 heavy (non-hydrogen) atoms. The molecule has 2 heterocycles. The smallest absolute Gasteiger partial charge is 0.332 e. The van der Waals surface area contributed by atoms with Gasteiger partial charge in [-0.25, -0.2) is 9.18 Å². The number of nitrogens with zero attached hydrogens (tertiary/aromatic N) is 4. The van der Waals surface area contributed by atoms with Crippen molar-refractivity contribution in [3.63, 3.8) is 0 Å². The maximum absolute atomic E-state index is 14.3. The lowest BCUT2D eigenvalue weighted by atomic mass is 10.2. The molecule has 0 radical (unpaired) electrons. The summed E-state index contributed by atoms with van der Waals surface area (Å²) in [5.74, 6) is -0.295. The fourth-order valence-electron chi connectivity index (χ4n) is 2.82. The maximum Gasteiger partial charge on any atom is 0.332 e. The highest BCUT2D eigenvalue weighted by molar-refractivity contribution is 6.31. The van der Waals surface area contributed by atoms with Crippen molar-refractivity contribution in [2.75, 3.05) is 11.9 Å². The zero-order valence-corrected chi connectivity index (χ0v) is 15.8. The fourth-order valence-corrected chi connectivity index (χ4v) is 3.04. The van der Waals surface area contributed by atoms with E-state index in [-0.39, 0.29) is 40.8 Å². The number of aliphatic hydroxyl groups is 1. The second-order valence-electron chi connectivity index (χ2n) is 6.33. The molecule has 0 saturated heterocycles. The zero-order chi connectivity index (χ0) is 19.9. The predicted octanol–water partition coefficient (Wildman–Crippen LogP) is 1.07. The molecule has 0 aliphatic carbocycles. The van der Waals surface area contributed by atoms with Crippen LogP contribution in [0.1, 0.15) is 12.5 Å². The number of aliphatic hydroxyl groups excluding tert-OH is 1. The summed E-state index contributed by atoms with van der Waals surface area (Å²) in [5.41, 5.74) is -0.605. The Balaban J connectivity index is 2.29. The van der Waals surface area contributed by atoms with Crippen LogP contribution in [0.2, 0.25) is 5.02 Å². The summed E-state index contributed by atoms with van der Waals surface area (Å²) in [7, 11) is 2.86. The molecule has 0 aliphatic heterocycles. The summed E-state index contributed by atoms with van der Waals surface area (Å²) >= 11 is 6.13. The lowest BCUT2D eigenvalue weighted by molar-refractivity contribution is 0.208. The van der Waals surface area contributed by atoms with Crippen molar-refractivity contribution in [1.82, 2.24) is 18.7 Å². The standard InChI is InChI=1S/C17H19ClFN5O3/c1-9(25)7-20-16-21-14-13(15(26)23(3)17(27)22(14)2)24(16)8-10-11(18)5-4-6-12(10)19/h4-6,9,25H,7-8H2,1-3H3,(H,20,21). The highest BCUT2D eigenvalue weighted by atomic mass is 35.5. The van der Waals surface area contributed by atoms with Gasteiger partial charge >= 0.3 is 5.69 Å². The van der Waals surface area contributed by atoms with Gasteiger partial charge in [-0.15, -0.1) is 0 Å². The Morgan fingerprint density at radius 3 is 2.63 bits per heavy atom. The van der Waals surface area contributed by atoms with Crippen LogP contribution in [0.5, 0.6) is 0 Å². The molecule has 0 saturated carbocycles. The van der Waals surface area contributed by atoms with Crippen molar-refractivity contribution in [1.29, 1.82) is 0 Å². The number of hydrogen-bond acceptors (Lipinski definition) is 5. The molecule has 0 amide bonds. The van der Waals surface area contributed by atoms with Gasteiger partial charge in [-0.05, 0) is 19.1 Å². The van der Waals surface area contributed by atoms with Crippen molar-refractivity contribution in [2.45, 2.75) is 19.6 Å². The first-order valence-electron chi connectivity index (χ1n) is 8.23. The molecular weight excluding hydrogens is 377 g/mol. The summed E-state index contributed by atoms with van der Waals surface area (Å²) in [6.07, 6.45) is -0.679. The van der Waals surface area contributed by atoms with E-state index in [1.54, 1.807) is 13.0 Å². The summed E-state index contributed by atoms with van der Waals surface area (Å²) < 4.78 is 18.0. The van der Waals surface area contributed by atoms with Gasteiger partial charge in [0.15, 0.2) is 11.2 Å². The van der Waals surface area contributed by atoms with E-state index in [9.17, 15) is 19.1 Å². The van der Waals surface area contributed by atoms with Gasteiger partial charge in [0.1, 0.15) is 5.82 Å². The van der Waals surface area contributed by atoms with E-state index >= 15 is 0 Å². The predicted molar refractivity (Wildman–Crippen MR) is 101 cm³/mol. The Bertz CT molecular complexity index is 1110. The number of halogens is 2. The molecule has 1 atom stereocenters. The Labute approximate surface area is 158 Å². The van der Waals surface area contributed by atoms with Crippen LogP contribution < -0.4 is 16.6 Å². The Hall–Kier alpha value is -2.65. The highest BCUT2D eigenvalue weighted by Gasteiger charge is 2.21. The molecule has 3 rings (SSSR count). The molecule has 0 aliphatic rings. The van der Waals surface area contributed by atoms with Crippen LogP contribution in [-0.4, -0.2) is 36.4 Å². The summed E-state index contributed by atoms with van der Waals surface area (Å²) in [6.45, 7) is 1.67. The third-order valence-electron chi connectivity index (χ3n) is 4.28. The molecular formula is C17H19ClFN5O3. The minimum absolute atomic E-state index is 0.0718. The highest BCUT2D eigenvalue weighted by Crippen LogP contribution is 2.24. The van der Waals surface area contributed by atoms with E-state index in [1.807, 2.05) is 0 Å². The number of hydrogen-bond donors (Lipinski definition) is 2. The molecule has 1 aromatic carbocycles. The molecule has 2 N–H and O–H groups in total. The van der Waals surface area contributed by atoms with Crippen LogP contribution >= 0.6 is 11.6 Å². The molecule has 8 nitrogen and oxygen atoms in total. The molecule has 0 fully saturated rings. The van der Waals surface area contributed by atoms with Crippen molar-refractivity contribution in [3.05, 3.63) is 55.4 Å². The number of fused-ring (bicyclic) bond motifs is 1. The van der Waals surface area contributed by atoms with Crippen LogP contribution in [0.15, 0.2) is 27.8 Å². The lowest BCUT2D eigenvalue weighted by Crippen LogP contribution is -2.37. The van der Waals surface area contributed by atoms with Gasteiger partial charge in [0.05, 0.1) is 12.6 Å². The number of rotatable bonds is 5. The summed E-state index contributed by atoms with van der Waals surface area (Å²) in [5, 5.41) is 12.7. The van der Waals surface area contributed by atoms with Crippen LogP contribution in [0, 0.1) is 5.82 Å². The Morgan fingerprint density at radius 1 is 1.30 bits per heavy atom. The van der Waals surface area contributed by atoms with Gasteiger partial charge in [-0.1, -0.05) is 17.7 Å². The van der Waals surface area contributed by atoms with E-state index in [0.29, 0.717) is 0 Å². The van der Waals surface area contributed by atoms with Crippen molar-refractivity contribution in [2.24, 2.45) is 14.1 Å². The normalized spacial score (nSPS) is 12.5. The minimum atomic E-state index is -0.679. The molecule has 3 aromatic rings. The van der Waals surface area contributed by atoms with Crippen molar-refractivity contribution in [3.8, 4) is 0 Å². The first kappa shape index (κ1) is 19.1. The summed E-state index contributed by atoms with van der Waals surface area (Å²) in [4.78, 5) is 29.2. The third kappa shape index (κ3) is 3.35. The van der Waals surface area contributed by atoms with Gasteiger partial charge in [0.25, 0.3) is 5.56 Å². The minimum Gasteiger partial charge on any atom is -0.392 e. The second-order valence-corrected chi connectivity index (χ2v) is 6.74. The van der Waals surface area contributed by atoms with E-state index in [2.05, 4.69) is 10.3 Å². The SMILES string of the molecule is CC(O)CNc1nc2c(c(=O)n(C)c(=O)n2C)n1Cc1c(F)cccc1Cl. The number of nitrogens with one attached hydrogen (secondary N) is 1. The largest absolute Gasteiger partial charge is 0.392 e. The van der Waals surface area contributed by atoms with Crippen molar-refractivity contribution < 1.29 is 9.50 Å². The molecule has 144 valence electrons. The van der Waals surface area contributed by atoms with E-state index in [1.165, 1.54) is 35.4 Å². The number of anilines is 1. The first-order chi connectivity index (χ1) is 12.7. The second kappa shape index (κ2) is 7.16. The van der Waals surface area contributed by atoms with E-state index in [0.717, 1.165) is 4.57 Å². The quantitative estimate of drug-likeness (QED) is 0.674. The van der Waals surface area contributed by atoms with Gasteiger partial charge in [0.2, 0.25) is 5.95 Å². The van der Waals surface area contributed by atoms with Crippen LogP contribution in [-0.2, 0) is 20.6 Å². The van der Waals surface area contributed by atoms with Crippen molar-refractivity contribution >= 4 is 28.7 Å². The van der Waals surface area contributed by atoms with E-state index < -0.39 is 23.2 Å². The van der Waals surface area contributed by atoms with E-state index in [4.69, 9.17) is 11.6 Å². The monoisotopic (exact) mass is 395 g/mol. The lowest BCUT2D eigenvalue weighted by Gasteiger charge is -2.13. The van der Waals surface area contributed by atoms with Crippen LogP contribution in [0.25, 0.3) is 11.2 Å². The molecule has 0 spiro atoms. The molecule has 2 aromatic heterocycles. The Kier molecular flexibility index (Phi) is 5.07. The molecule has 10 heteroatoms. The fraction of sp³-hybridized carbons (Fsp3) is 0.353. The topological polar surface area (TPSA) is 94.1 Å². The van der Waals surface area contributed by atoms with Gasteiger partial charge in [0, 0.05) is 31.2 Å². The van der Waals surface area contributed by atoms with Crippen LogP contribution in [0.4, 0.5) is 10.3 Å². The number of aryl methyl sites for hydroxylation is 1. The third-order valence-corrected chi connectivity index (χ3v) is 4.64. The number of benzene rings is 1.